The molecule has 0 unspecified atom stereocenters. The first kappa shape index (κ1) is 8.39. The molecule has 0 saturated carbocycles. The highest BCUT2D eigenvalue weighted by atomic mass is 16.6. The predicted molar refractivity (Wildman–Crippen MR) is 43.2 cm³/mol. The molecule has 0 heterocycles. The summed E-state index contributed by atoms with van der Waals surface area (Å²) in [7, 11) is 0. The van der Waals surface area contributed by atoms with Crippen molar-refractivity contribution in [2.45, 2.75) is 6.92 Å². The minimum absolute atomic E-state index is 0.0444. The minimum Gasteiger partial charge on any atom is -0.298 e. The van der Waals surface area contributed by atoms with Gasteiger partial charge in [0, 0.05) is 17.7 Å². The molecule has 0 aliphatic carbocycles. The molecule has 0 radical (unpaired) electrons. The molecular weight excluding hydrogens is 158 g/mol. The van der Waals surface area contributed by atoms with Gasteiger partial charge in [-0.2, -0.15) is 0 Å². The maximum atomic E-state index is 10.3. The third kappa shape index (κ3) is 1.66. The van der Waals surface area contributed by atoms with E-state index < -0.39 is 4.92 Å². The van der Waals surface area contributed by atoms with Gasteiger partial charge in [0.2, 0.25) is 0 Å². The van der Waals surface area contributed by atoms with Gasteiger partial charge in [-0.25, -0.2) is 0 Å². The molecule has 0 aliphatic heterocycles. The van der Waals surface area contributed by atoms with Crippen molar-refractivity contribution < 1.29 is 9.72 Å². The molecule has 1 aromatic rings. The Kier molecular flexibility index (Phi) is 2.19. The van der Waals surface area contributed by atoms with Gasteiger partial charge in [0.05, 0.1) is 4.92 Å². The number of nitro groups is 1. The van der Waals surface area contributed by atoms with Crippen LogP contribution in [0.25, 0.3) is 0 Å². The Morgan fingerprint density at radius 2 is 2.08 bits per heavy atom. The molecule has 62 valence electrons. The van der Waals surface area contributed by atoms with Crippen LogP contribution >= 0.6 is 0 Å². The average molecular weight is 165 g/mol. The van der Waals surface area contributed by atoms with Crippen LogP contribution in [0, 0.1) is 17.0 Å². The summed E-state index contributed by atoms with van der Waals surface area (Å²) in [6, 6.07) is 4.27. The summed E-state index contributed by atoms with van der Waals surface area (Å²) in [4.78, 5) is 20.1. The minimum atomic E-state index is -0.514. The van der Waals surface area contributed by atoms with Crippen LogP contribution in [0.3, 0.4) is 0 Å². The highest BCUT2D eigenvalue weighted by Crippen LogP contribution is 2.14. The van der Waals surface area contributed by atoms with Crippen LogP contribution < -0.4 is 0 Å². The van der Waals surface area contributed by atoms with Crippen LogP contribution in [0.5, 0.6) is 0 Å². The number of non-ortho nitro benzene ring substituents is 1. The number of carbonyl (C=O) groups excluding carboxylic acids is 1. The molecule has 0 aromatic heterocycles. The molecule has 0 bridgehead atoms. The fourth-order valence-corrected chi connectivity index (χ4v) is 0.965. The quantitative estimate of drug-likeness (QED) is 0.380. The van der Waals surface area contributed by atoms with Gasteiger partial charge in [-0.15, -0.1) is 0 Å². The van der Waals surface area contributed by atoms with E-state index in [1.165, 1.54) is 12.1 Å². The Bertz CT molecular complexity index is 333. The standard InChI is InChI=1S/C8H7NO3/c1-6-2-7(5-10)4-8(3-6)9(11)12/h2-5H,1H3. The van der Waals surface area contributed by atoms with Gasteiger partial charge in [-0.1, -0.05) is 0 Å². The highest BCUT2D eigenvalue weighted by Gasteiger charge is 2.06. The number of aryl methyl sites for hydroxylation is 1. The Hall–Kier alpha value is -1.71. The van der Waals surface area contributed by atoms with Gasteiger partial charge in [0.15, 0.2) is 0 Å². The maximum Gasteiger partial charge on any atom is 0.270 e. The largest absolute Gasteiger partial charge is 0.298 e. The summed E-state index contributed by atoms with van der Waals surface area (Å²) < 4.78 is 0. The van der Waals surface area contributed by atoms with Gasteiger partial charge in [-0.3, -0.25) is 14.9 Å². The topological polar surface area (TPSA) is 60.2 Å². The SMILES string of the molecule is Cc1cc(C=O)cc([N+](=O)[O-])c1. The first-order valence-electron chi connectivity index (χ1n) is 3.35. The summed E-state index contributed by atoms with van der Waals surface area (Å²) in [5.74, 6) is 0. The van der Waals surface area contributed by atoms with Crippen molar-refractivity contribution in [3.05, 3.63) is 39.4 Å². The Labute approximate surface area is 69.0 Å². The first-order chi connectivity index (χ1) is 5.63. The lowest BCUT2D eigenvalue weighted by atomic mass is 10.1. The summed E-state index contributed by atoms with van der Waals surface area (Å²) in [6.07, 6.45) is 0.597. The summed E-state index contributed by atoms with van der Waals surface area (Å²) >= 11 is 0. The summed E-state index contributed by atoms with van der Waals surface area (Å²) in [5.41, 5.74) is 1.00. The highest BCUT2D eigenvalue weighted by molar-refractivity contribution is 5.76. The van der Waals surface area contributed by atoms with Crippen molar-refractivity contribution >= 4 is 12.0 Å². The molecule has 12 heavy (non-hydrogen) atoms. The zero-order valence-corrected chi connectivity index (χ0v) is 6.48. The van der Waals surface area contributed by atoms with Crippen LogP contribution in [0.15, 0.2) is 18.2 Å². The molecule has 4 nitrogen and oxygen atoms in total. The fourth-order valence-electron chi connectivity index (χ4n) is 0.965. The molecule has 0 aliphatic rings. The lowest BCUT2D eigenvalue weighted by Gasteiger charge is -1.95. The molecule has 0 fully saturated rings. The molecule has 4 heteroatoms. The second-order valence-electron chi connectivity index (χ2n) is 2.48. The number of hydrogen-bond donors (Lipinski definition) is 0. The van der Waals surface area contributed by atoms with Crippen molar-refractivity contribution in [2.75, 3.05) is 0 Å². The smallest absolute Gasteiger partial charge is 0.270 e. The molecule has 0 amide bonds. The number of nitrogens with zero attached hydrogens (tertiary/aromatic N) is 1. The summed E-state index contributed by atoms with van der Waals surface area (Å²) in [6.45, 7) is 1.71. The Balaban J connectivity index is 3.23. The number of hydrogen-bond acceptors (Lipinski definition) is 3. The Morgan fingerprint density at radius 3 is 2.58 bits per heavy atom. The van der Waals surface area contributed by atoms with Crippen molar-refractivity contribution in [1.82, 2.24) is 0 Å². The number of carbonyl (C=O) groups is 1. The van der Waals surface area contributed by atoms with E-state index in [4.69, 9.17) is 0 Å². The van der Waals surface area contributed by atoms with Crippen LogP contribution in [0.4, 0.5) is 5.69 Å². The van der Waals surface area contributed by atoms with E-state index >= 15 is 0 Å². The third-order valence-corrected chi connectivity index (χ3v) is 1.43. The van der Waals surface area contributed by atoms with E-state index in [1.807, 2.05) is 0 Å². The second-order valence-corrected chi connectivity index (χ2v) is 2.48. The maximum absolute atomic E-state index is 10.3. The van der Waals surface area contributed by atoms with Gasteiger partial charge in [0.25, 0.3) is 5.69 Å². The van der Waals surface area contributed by atoms with E-state index in [2.05, 4.69) is 0 Å². The number of benzene rings is 1. The van der Waals surface area contributed by atoms with E-state index in [-0.39, 0.29) is 5.69 Å². The van der Waals surface area contributed by atoms with Crippen LogP contribution in [-0.4, -0.2) is 11.2 Å². The molecule has 0 spiro atoms. The van der Waals surface area contributed by atoms with E-state index in [0.29, 0.717) is 17.4 Å². The predicted octanol–water partition coefficient (Wildman–Crippen LogP) is 1.72. The number of rotatable bonds is 2. The first-order valence-corrected chi connectivity index (χ1v) is 3.35. The van der Waals surface area contributed by atoms with Crippen LogP contribution in [0.2, 0.25) is 0 Å². The van der Waals surface area contributed by atoms with Crippen molar-refractivity contribution in [1.29, 1.82) is 0 Å². The molecule has 0 saturated heterocycles. The van der Waals surface area contributed by atoms with E-state index in [9.17, 15) is 14.9 Å². The normalized spacial score (nSPS) is 9.42. The second kappa shape index (κ2) is 3.13. The van der Waals surface area contributed by atoms with Gasteiger partial charge in [-0.05, 0) is 18.6 Å². The molecule has 1 rings (SSSR count). The fraction of sp³-hybridized carbons (Fsp3) is 0.125. The average Bonchev–Trinajstić information content (AvgIpc) is 2.03. The molecule has 0 atom stereocenters. The Morgan fingerprint density at radius 1 is 1.42 bits per heavy atom. The van der Waals surface area contributed by atoms with Gasteiger partial charge >= 0.3 is 0 Å². The lowest BCUT2D eigenvalue weighted by molar-refractivity contribution is -0.384. The van der Waals surface area contributed by atoms with Crippen molar-refractivity contribution in [3.63, 3.8) is 0 Å². The van der Waals surface area contributed by atoms with Crippen LogP contribution in [-0.2, 0) is 0 Å². The van der Waals surface area contributed by atoms with E-state index in [1.54, 1.807) is 13.0 Å². The molecule has 0 N–H and O–H groups in total. The van der Waals surface area contributed by atoms with Crippen LogP contribution in [0.1, 0.15) is 15.9 Å². The number of aldehydes is 1. The zero-order chi connectivity index (χ0) is 9.14. The molecular formula is C8H7NO3. The van der Waals surface area contributed by atoms with Gasteiger partial charge in [0.1, 0.15) is 6.29 Å². The van der Waals surface area contributed by atoms with E-state index in [0.717, 1.165) is 0 Å². The van der Waals surface area contributed by atoms with Crippen molar-refractivity contribution in [3.8, 4) is 0 Å². The third-order valence-electron chi connectivity index (χ3n) is 1.43. The molecule has 1 aromatic carbocycles. The summed E-state index contributed by atoms with van der Waals surface area (Å²) in [5, 5.41) is 10.3. The van der Waals surface area contributed by atoms with Crippen molar-refractivity contribution in [2.24, 2.45) is 0 Å². The monoisotopic (exact) mass is 165 g/mol. The number of nitro benzene ring substituents is 1. The zero-order valence-electron chi connectivity index (χ0n) is 6.48. The van der Waals surface area contributed by atoms with Gasteiger partial charge < -0.3 is 0 Å². The lowest BCUT2D eigenvalue weighted by Crippen LogP contribution is -1.91.